The number of ether oxygens (including phenoxy) is 1. The average molecular weight is 337 g/mol. The lowest BCUT2D eigenvalue weighted by atomic mass is 9.85. The van der Waals surface area contributed by atoms with E-state index in [2.05, 4.69) is 5.32 Å². The van der Waals surface area contributed by atoms with E-state index >= 15 is 0 Å². The molecule has 0 aliphatic carbocycles. The van der Waals surface area contributed by atoms with Crippen molar-refractivity contribution < 1.29 is 14.3 Å². The van der Waals surface area contributed by atoms with Gasteiger partial charge in [0, 0.05) is 28.6 Å². The number of nitrogens with one attached hydrogen (secondary N) is 1. The van der Waals surface area contributed by atoms with Crippen molar-refractivity contribution in [2.24, 2.45) is 0 Å². The van der Waals surface area contributed by atoms with E-state index in [1.54, 1.807) is 12.1 Å². The van der Waals surface area contributed by atoms with E-state index in [1.165, 1.54) is 12.0 Å². The highest BCUT2D eigenvalue weighted by molar-refractivity contribution is 7.80. The number of hydrogen-bond acceptors (Lipinski definition) is 4. The molecule has 22 heavy (non-hydrogen) atoms. The van der Waals surface area contributed by atoms with Crippen LogP contribution in [0, 0.1) is 0 Å². The first-order valence-corrected chi connectivity index (χ1v) is 7.48. The van der Waals surface area contributed by atoms with Gasteiger partial charge in [0.25, 0.3) is 0 Å². The third-order valence-corrected chi connectivity index (χ3v) is 4.50. The Morgan fingerprint density at radius 2 is 2.09 bits per heavy atom. The van der Waals surface area contributed by atoms with Crippen LogP contribution in [0.2, 0.25) is 5.02 Å². The van der Waals surface area contributed by atoms with E-state index in [4.69, 9.17) is 28.6 Å². The van der Waals surface area contributed by atoms with E-state index < -0.39 is 6.09 Å². The number of thiocarbonyl (C=S) groups is 1. The number of nitrogens with zero attached hydrogens (tertiary/aromatic N) is 1. The number of methoxy groups -OCH3 is 1. The topological polar surface area (TPSA) is 58.6 Å². The van der Waals surface area contributed by atoms with Crippen molar-refractivity contribution in [3.8, 4) is 0 Å². The van der Waals surface area contributed by atoms with E-state index in [-0.39, 0.29) is 24.8 Å². The number of halogens is 1. The van der Waals surface area contributed by atoms with Crippen LogP contribution in [0.4, 0.5) is 4.79 Å². The number of carbonyl (C=O) groups excluding carboxylic acids is 2. The molecule has 0 aromatic heterocycles. The third kappa shape index (κ3) is 2.48. The fourth-order valence-corrected chi connectivity index (χ4v) is 3.33. The molecule has 0 saturated carbocycles. The van der Waals surface area contributed by atoms with Crippen LogP contribution in [0.25, 0.3) is 0 Å². The quantitative estimate of drug-likeness (QED) is 0.801. The van der Waals surface area contributed by atoms with Crippen molar-refractivity contribution in [1.29, 1.82) is 0 Å². The lowest BCUT2D eigenvalue weighted by Gasteiger charge is -2.24. The first-order chi connectivity index (χ1) is 10.5. The molecule has 1 aromatic rings. The Bertz CT molecular complexity index is 699. The molecule has 5 nitrogen and oxygen atoms in total. The Balaban J connectivity index is 1.99. The summed E-state index contributed by atoms with van der Waals surface area (Å²) in [5.74, 6) is -0.267. The van der Waals surface area contributed by atoms with Gasteiger partial charge in [-0.05, 0) is 17.7 Å². The van der Waals surface area contributed by atoms with Gasteiger partial charge in [-0.1, -0.05) is 36.0 Å². The Labute approximate surface area is 137 Å². The molecule has 2 amide bonds. The summed E-state index contributed by atoms with van der Waals surface area (Å²) >= 11 is 11.3. The zero-order chi connectivity index (χ0) is 15.9. The molecule has 2 aliphatic rings. The molecular weight excluding hydrogens is 324 g/mol. The van der Waals surface area contributed by atoms with Crippen molar-refractivity contribution >= 4 is 40.8 Å². The largest absolute Gasteiger partial charge is 0.452 e. The minimum Gasteiger partial charge on any atom is -0.452 e. The summed E-state index contributed by atoms with van der Waals surface area (Å²) in [5, 5.41) is 3.43. The molecule has 0 saturated heterocycles. The molecule has 7 heteroatoms. The van der Waals surface area contributed by atoms with Gasteiger partial charge in [-0.3, -0.25) is 9.69 Å². The summed E-state index contributed by atoms with van der Waals surface area (Å²) < 4.78 is 4.74. The SMILES string of the molecule is COC(=O)N1CC2=C(C1=S)C(c1ccc(Cl)cc1)CC(=O)N2. The number of rotatable bonds is 1. The summed E-state index contributed by atoms with van der Waals surface area (Å²) in [5.41, 5.74) is 2.43. The predicted molar refractivity (Wildman–Crippen MR) is 85.7 cm³/mol. The summed E-state index contributed by atoms with van der Waals surface area (Å²) in [6.45, 7) is 0.233. The Morgan fingerprint density at radius 1 is 1.41 bits per heavy atom. The maximum atomic E-state index is 12.0. The van der Waals surface area contributed by atoms with Gasteiger partial charge in [-0.2, -0.15) is 0 Å². The van der Waals surface area contributed by atoms with Crippen molar-refractivity contribution in [3.63, 3.8) is 0 Å². The summed E-state index contributed by atoms with van der Waals surface area (Å²) in [7, 11) is 1.30. The van der Waals surface area contributed by atoms with Gasteiger partial charge in [0.15, 0.2) is 0 Å². The predicted octanol–water partition coefficient (Wildman–Crippen LogP) is 2.61. The minimum atomic E-state index is -0.525. The zero-order valence-corrected chi connectivity index (χ0v) is 13.3. The molecule has 0 bridgehead atoms. The molecule has 3 rings (SSSR count). The lowest BCUT2D eigenvalue weighted by Crippen LogP contribution is -2.33. The summed E-state index contributed by atoms with van der Waals surface area (Å²) in [4.78, 5) is 25.5. The maximum Gasteiger partial charge on any atom is 0.415 e. The monoisotopic (exact) mass is 336 g/mol. The highest BCUT2D eigenvalue weighted by Gasteiger charge is 2.40. The Morgan fingerprint density at radius 3 is 2.73 bits per heavy atom. The van der Waals surface area contributed by atoms with E-state index in [0.717, 1.165) is 11.1 Å². The first kappa shape index (κ1) is 15.0. The molecule has 1 atom stereocenters. The summed E-state index contributed by atoms with van der Waals surface area (Å²) in [6, 6.07) is 7.30. The highest BCUT2D eigenvalue weighted by Crippen LogP contribution is 2.38. The lowest BCUT2D eigenvalue weighted by molar-refractivity contribution is -0.121. The molecule has 114 valence electrons. The van der Waals surface area contributed by atoms with Crippen LogP contribution in [0.15, 0.2) is 35.5 Å². The second kappa shape index (κ2) is 5.70. The Kier molecular flexibility index (Phi) is 3.88. The first-order valence-electron chi connectivity index (χ1n) is 6.69. The van der Waals surface area contributed by atoms with Gasteiger partial charge < -0.3 is 10.1 Å². The van der Waals surface area contributed by atoms with Crippen LogP contribution in [0.1, 0.15) is 17.9 Å². The van der Waals surface area contributed by atoms with Crippen LogP contribution in [-0.2, 0) is 9.53 Å². The second-order valence-corrected chi connectivity index (χ2v) is 5.93. The average Bonchev–Trinajstić information content (AvgIpc) is 2.83. The van der Waals surface area contributed by atoms with Crippen LogP contribution in [0.3, 0.4) is 0 Å². The molecule has 1 N–H and O–H groups in total. The molecule has 0 radical (unpaired) electrons. The maximum absolute atomic E-state index is 12.0. The molecule has 1 aromatic carbocycles. The van der Waals surface area contributed by atoms with E-state index in [1.807, 2.05) is 12.1 Å². The van der Waals surface area contributed by atoms with Gasteiger partial charge in [0.1, 0.15) is 4.99 Å². The molecule has 1 unspecified atom stereocenters. The van der Waals surface area contributed by atoms with Crippen molar-refractivity contribution in [2.75, 3.05) is 13.7 Å². The van der Waals surface area contributed by atoms with Gasteiger partial charge >= 0.3 is 6.09 Å². The van der Waals surface area contributed by atoms with Crippen molar-refractivity contribution in [3.05, 3.63) is 46.1 Å². The van der Waals surface area contributed by atoms with Crippen molar-refractivity contribution in [2.45, 2.75) is 12.3 Å². The van der Waals surface area contributed by atoms with Gasteiger partial charge in [-0.25, -0.2) is 4.79 Å². The van der Waals surface area contributed by atoms with Crippen molar-refractivity contribution in [1.82, 2.24) is 10.2 Å². The fraction of sp³-hybridized carbons (Fsp3) is 0.267. The Hall–Kier alpha value is -1.92. The minimum absolute atomic E-state index is 0.0896. The van der Waals surface area contributed by atoms with Crippen LogP contribution >= 0.6 is 23.8 Å². The molecule has 2 heterocycles. The smallest absolute Gasteiger partial charge is 0.415 e. The van der Waals surface area contributed by atoms with Crippen LogP contribution in [0.5, 0.6) is 0 Å². The number of hydrogen-bond donors (Lipinski definition) is 1. The van der Waals surface area contributed by atoms with Gasteiger partial charge in [0.05, 0.1) is 13.7 Å². The summed E-state index contributed by atoms with van der Waals surface area (Å²) in [6.07, 6.45) is -0.237. The van der Waals surface area contributed by atoms with E-state index in [0.29, 0.717) is 15.7 Å². The number of amides is 2. The van der Waals surface area contributed by atoms with Crippen LogP contribution < -0.4 is 5.32 Å². The molecule has 0 spiro atoms. The molecule has 2 aliphatic heterocycles. The molecule has 0 fully saturated rings. The fourth-order valence-electron chi connectivity index (χ4n) is 2.80. The van der Waals surface area contributed by atoms with Gasteiger partial charge in [0.2, 0.25) is 5.91 Å². The molecular formula is C15H13ClN2O3S. The van der Waals surface area contributed by atoms with E-state index in [9.17, 15) is 9.59 Å². The highest BCUT2D eigenvalue weighted by atomic mass is 35.5. The second-order valence-electron chi connectivity index (χ2n) is 5.11. The normalized spacial score (nSPS) is 20.8. The zero-order valence-electron chi connectivity index (χ0n) is 11.8. The standard InChI is InChI=1S/C15H13ClN2O3S/c1-21-15(20)18-7-11-13(14(18)22)10(6-12(19)17-11)8-2-4-9(16)5-3-8/h2-5,10H,6-7H2,1H3,(H,17,19). The number of carbonyl (C=O) groups is 2. The third-order valence-electron chi connectivity index (χ3n) is 3.81. The van der Waals surface area contributed by atoms with Crippen LogP contribution in [-0.4, -0.2) is 35.5 Å². The van der Waals surface area contributed by atoms with Gasteiger partial charge in [-0.15, -0.1) is 0 Å². The number of benzene rings is 1.